The van der Waals surface area contributed by atoms with Gasteiger partial charge in [0.15, 0.2) is 0 Å². The summed E-state index contributed by atoms with van der Waals surface area (Å²) in [4.78, 5) is 25.1. The minimum atomic E-state index is -0.832. The second-order valence-electron chi connectivity index (χ2n) is 7.85. The van der Waals surface area contributed by atoms with Crippen LogP contribution in [0.15, 0.2) is 77.9 Å². The maximum absolute atomic E-state index is 13.1. The van der Waals surface area contributed by atoms with E-state index in [2.05, 4.69) is 15.8 Å². The number of hydrogen-bond donors (Lipinski definition) is 2. The van der Waals surface area contributed by atoms with Gasteiger partial charge in [0.05, 0.1) is 6.21 Å². The highest BCUT2D eigenvalue weighted by Crippen LogP contribution is 2.21. The average molecular weight is 482 g/mol. The molecule has 0 bridgehead atoms. The Balaban J connectivity index is 1.63. The standard InChI is InChI=1S/C26H25ClFN3O3/c1-17(2)24(30-25(32)18-11-13-21(28)14-12-18)26(33)31-29-15-19-7-4-6-10-23(19)34-16-20-8-3-5-9-22(20)27/h3-15,17,24H,16H2,1-2H3,(H,30,32)(H,31,33)/b29-15+. The van der Waals surface area contributed by atoms with E-state index in [1.165, 1.54) is 30.5 Å². The minimum absolute atomic E-state index is 0.203. The van der Waals surface area contributed by atoms with Crippen LogP contribution in [0.5, 0.6) is 5.75 Å². The summed E-state index contributed by atoms with van der Waals surface area (Å²) in [5, 5.41) is 7.32. The molecule has 6 nitrogen and oxygen atoms in total. The summed E-state index contributed by atoms with van der Waals surface area (Å²) in [5.41, 5.74) is 4.23. The summed E-state index contributed by atoms with van der Waals surface area (Å²) in [5.74, 6) is -1.02. The Morgan fingerprint density at radius 1 is 1.03 bits per heavy atom. The molecule has 3 aromatic carbocycles. The van der Waals surface area contributed by atoms with Crippen molar-refractivity contribution in [2.24, 2.45) is 11.0 Å². The summed E-state index contributed by atoms with van der Waals surface area (Å²) in [7, 11) is 0. The van der Waals surface area contributed by atoms with E-state index < -0.39 is 23.7 Å². The lowest BCUT2D eigenvalue weighted by molar-refractivity contribution is -0.123. The van der Waals surface area contributed by atoms with Gasteiger partial charge in [-0.2, -0.15) is 5.10 Å². The fraction of sp³-hybridized carbons (Fsp3) is 0.192. The Labute approximate surface area is 202 Å². The molecule has 0 aromatic heterocycles. The normalized spacial score (nSPS) is 11.9. The van der Waals surface area contributed by atoms with Crippen LogP contribution in [0.3, 0.4) is 0 Å². The Bertz CT molecular complexity index is 1170. The number of benzene rings is 3. The molecule has 0 spiro atoms. The van der Waals surface area contributed by atoms with Crippen LogP contribution in [0, 0.1) is 11.7 Å². The van der Waals surface area contributed by atoms with Gasteiger partial charge in [-0.05, 0) is 48.4 Å². The number of halogens is 2. The maximum atomic E-state index is 13.1. The van der Waals surface area contributed by atoms with E-state index in [9.17, 15) is 14.0 Å². The quantitative estimate of drug-likeness (QED) is 0.335. The zero-order chi connectivity index (χ0) is 24.5. The van der Waals surface area contributed by atoms with Crippen molar-refractivity contribution in [3.8, 4) is 5.75 Å². The van der Waals surface area contributed by atoms with Gasteiger partial charge < -0.3 is 10.1 Å². The fourth-order valence-electron chi connectivity index (χ4n) is 3.09. The number of amides is 2. The van der Waals surface area contributed by atoms with Gasteiger partial charge in [0.25, 0.3) is 11.8 Å². The number of nitrogens with one attached hydrogen (secondary N) is 2. The summed E-state index contributed by atoms with van der Waals surface area (Å²) in [6, 6.07) is 18.9. The van der Waals surface area contributed by atoms with Crippen molar-refractivity contribution in [3.63, 3.8) is 0 Å². The molecule has 0 radical (unpaired) electrons. The number of nitrogens with zero attached hydrogens (tertiary/aromatic N) is 1. The monoisotopic (exact) mass is 481 g/mol. The van der Waals surface area contributed by atoms with Gasteiger partial charge in [-0.1, -0.05) is 55.8 Å². The summed E-state index contributed by atoms with van der Waals surface area (Å²) in [6.07, 6.45) is 1.47. The molecule has 0 saturated heterocycles. The van der Waals surface area contributed by atoms with Gasteiger partial charge in [-0.3, -0.25) is 9.59 Å². The number of para-hydroxylation sites is 1. The van der Waals surface area contributed by atoms with Crippen LogP contribution in [-0.2, 0) is 11.4 Å². The van der Waals surface area contributed by atoms with E-state index >= 15 is 0 Å². The molecule has 1 unspecified atom stereocenters. The van der Waals surface area contributed by atoms with Crippen LogP contribution in [0.4, 0.5) is 4.39 Å². The minimum Gasteiger partial charge on any atom is -0.488 e. The molecule has 0 saturated carbocycles. The van der Waals surface area contributed by atoms with Crippen molar-refractivity contribution in [2.45, 2.75) is 26.5 Å². The number of hydrogen-bond acceptors (Lipinski definition) is 4. The predicted octanol–water partition coefficient (Wildman–Crippen LogP) is 4.96. The van der Waals surface area contributed by atoms with Gasteiger partial charge in [-0.25, -0.2) is 9.82 Å². The lowest BCUT2D eigenvalue weighted by Crippen LogP contribution is -2.48. The van der Waals surface area contributed by atoms with Crippen molar-refractivity contribution in [2.75, 3.05) is 0 Å². The summed E-state index contributed by atoms with van der Waals surface area (Å²) < 4.78 is 19.0. The zero-order valence-corrected chi connectivity index (χ0v) is 19.6. The number of rotatable bonds is 9. The molecule has 3 aromatic rings. The molecule has 0 aliphatic carbocycles. The van der Waals surface area contributed by atoms with Crippen molar-refractivity contribution in [3.05, 3.63) is 100 Å². The number of carbonyl (C=O) groups excluding carboxylic acids is 2. The van der Waals surface area contributed by atoms with Crippen LogP contribution >= 0.6 is 11.6 Å². The zero-order valence-electron chi connectivity index (χ0n) is 18.8. The Hall–Kier alpha value is -3.71. The van der Waals surface area contributed by atoms with Crippen LogP contribution in [0.2, 0.25) is 5.02 Å². The fourth-order valence-corrected chi connectivity index (χ4v) is 3.28. The van der Waals surface area contributed by atoms with Crippen LogP contribution < -0.4 is 15.5 Å². The average Bonchev–Trinajstić information content (AvgIpc) is 2.82. The number of ether oxygens (including phenoxy) is 1. The van der Waals surface area contributed by atoms with E-state index in [-0.39, 0.29) is 18.1 Å². The van der Waals surface area contributed by atoms with E-state index in [4.69, 9.17) is 16.3 Å². The Morgan fingerprint density at radius 3 is 2.41 bits per heavy atom. The lowest BCUT2D eigenvalue weighted by atomic mass is 10.0. The van der Waals surface area contributed by atoms with Crippen molar-refractivity contribution >= 4 is 29.6 Å². The van der Waals surface area contributed by atoms with Crippen LogP contribution in [-0.4, -0.2) is 24.1 Å². The van der Waals surface area contributed by atoms with E-state index in [0.717, 1.165) is 5.56 Å². The first kappa shape index (κ1) is 24.9. The molecule has 0 heterocycles. The molecular weight excluding hydrogens is 457 g/mol. The van der Waals surface area contributed by atoms with Crippen molar-refractivity contribution in [1.82, 2.24) is 10.7 Å². The number of carbonyl (C=O) groups is 2. The molecule has 0 fully saturated rings. The third kappa shape index (κ3) is 6.89. The molecule has 0 aliphatic rings. The molecule has 34 heavy (non-hydrogen) atoms. The first-order valence-electron chi connectivity index (χ1n) is 10.7. The Kier molecular flexibility index (Phi) is 8.76. The third-order valence-corrected chi connectivity index (χ3v) is 5.35. The largest absolute Gasteiger partial charge is 0.488 e. The molecule has 8 heteroatoms. The first-order valence-corrected chi connectivity index (χ1v) is 11.1. The van der Waals surface area contributed by atoms with Crippen LogP contribution in [0.25, 0.3) is 0 Å². The first-order chi connectivity index (χ1) is 16.3. The summed E-state index contributed by atoms with van der Waals surface area (Å²) in [6.45, 7) is 3.88. The molecule has 2 amide bonds. The topological polar surface area (TPSA) is 79.8 Å². The molecular formula is C26H25ClFN3O3. The maximum Gasteiger partial charge on any atom is 0.262 e. The smallest absolute Gasteiger partial charge is 0.262 e. The van der Waals surface area contributed by atoms with Crippen molar-refractivity contribution in [1.29, 1.82) is 0 Å². The van der Waals surface area contributed by atoms with E-state index in [0.29, 0.717) is 16.3 Å². The lowest BCUT2D eigenvalue weighted by Gasteiger charge is -2.20. The van der Waals surface area contributed by atoms with Gasteiger partial charge in [-0.15, -0.1) is 0 Å². The predicted molar refractivity (Wildman–Crippen MR) is 130 cm³/mol. The highest BCUT2D eigenvalue weighted by Gasteiger charge is 2.24. The number of hydrazone groups is 1. The molecule has 3 rings (SSSR count). The van der Waals surface area contributed by atoms with E-state index in [1.807, 2.05) is 30.3 Å². The van der Waals surface area contributed by atoms with Gasteiger partial charge in [0, 0.05) is 21.7 Å². The second kappa shape index (κ2) is 12.0. The van der Waals surface area contributed by atoms with Gasteiger partial charge >= 0.3 is 0 Å². The van der Waals surface area contributed by atoms with E-state index in [1.54, 1.807) is 32.0 Å². The second-order valence-corrected chi connectivity index (χ2v) is 8.26. The van der Waals surface area contributed by atoms with Gasteiger partial charge in [0.1, 0.15) is 24.2 Å². The highest BCUT2D eigenvalue weighted by molar-refractivity contribution is 6.31. The Morgan fingerprint density at radius 2 is 1.71 bits per heavy atom. The molecule has 1 atom stereocenters. The molecule has 0 aliphatic heterocycles. The highest BCUT2D eigenvalue weighted by atomic mass is 35.5. The SMILES string of the molecule is CC(C)C(NC(=O)c1ccc(F)cc1)C(=O)N/N=C/c1ccccc1OCc1ccccc1Cl. The summed E-state index contributed by atoms with van der Waals surface area (Å²) >= 11 is 6.19. The van der Waals surface area contributed by atoms with Crippen molar-refractivity contribution < 1.29 is 18.7 Å². The van der Waals surface area contributed by atoms with Gasteiger partial charge in [0.2, 0.25) is 0 Å². The molecule has 2 N–H and O–H groups in total. The third-order valence-electron chi connectivity index (χ3n) is 4.98. The van der Waals surface area contributed by atoms with Crippen LogP contribution in [0.1, 0.15) is 35.3 Å². The molecule has 176 valence electrons.